The number of fused-ring (bicyclic) bond motifs is 9. The fraction of sp³-hybridized carbons (Fsp3) is 0.0667. The van der Waals surface area contributed by atoms with Crippen molar-refractivity contribution in [3.8, 4) is 33.4 Å². The number of rotatable bonds is 5. The average Bonchev–Trinajstić information content (AvgIpc) is 3.85. The molecule has 0 fully saturated rings. The van der Waals surface area contributed by atoms with E-state index in [0.29, 0.717) is 0 Å². The van der Waals surface area contributed by atoms with Crippen molar-refractivity contribution in [2.75, 3.05) is 4.90 Å². The predicted octanol–water partition coefficient (Wildman–Crippen LogP) is 14.9. The van der Waals surface area contributed by atoms with E-state index < -0.39 is 0 Å². The Balaban J connectivity index is 1.19. The maximum Gasteiger partial charge on any atom is 0.0897 e. The largest absolute Gasteiger partial charge is 0.306 e. The lowest BCUT2D eigenvalue weighted by Gasteiger charge is -2.42. The Kier molecular flexibility index (Phi) is 7.79. The van der Waals surface area contributed by atoms with Crippen LogP contribution in [0.15, 0.2) is 212 Å². The van der Waals surface area contributed by atoms with E-state index in [1.807, 2.05) is 0 Å². The molecular formula is C60H43N3. The Morgan fingerprint density at radius 3 is 1.67 bits per heavy atom. The van der Waals surface area contributed by atoms with Crippen molar-refractivity contribution in [2.45, 2.75) is 25.3 Å². The molecule has 1 unspecified atom stereocenters. The summed E-state index contributed by atoms with van der Waals surface area (Å²) < 4.78 is 0. The van der Waals surface area contributed by atoms with E-state index >= 15 is 0 Å². The Morgan fingerprint density at radius 2 is 0.968 bits per heavy atom. The number of nitrogens with one attached hydrogen (secondary N) is 1. The molecule has 9 aromatic rings. The van der Waals surface area contributed by atoms with Gasteiger partial charge in [-0.3, -0.25) is 5.01 Å². The molecule has 9 aromatic carbocycles. The number of nitrogens with zero attached hydrogens (tertiary/aromatic N) is 2. The van der Waals surface area contributed by atoms with Crippen LogP contribution in [0, 0.1) is 0 Å². The first-order valence-electron chi connectivity index (χ1n) is 22.1. The van der Waals surface area contributed by atoms with Gasteiger partial charge in [-0.15, -0.1) is 0 Å². The molecule has 3 nitrogen and oxygen atoms in total. The van der Waals surface area contributed by atoms with Crippen LogP contribution in [0.25, 0.3) is 66.8 Å². The highest BCUT2D eigenvalue weighted by Gasteiger charge is 2.45. The fourth-order valence-corrected chi connectivity index (χ4v) is 11.2. The number of para-hydroxylation sites is 1. The molecule has 1 aliphatic carbocycles. The van der Waals surface area contributed by atoms with Crippen molar-refractivity contribution in [3.63, 3.8) is 0 Å². The second kappa shape index (κ2) is 13.6. The number of benzene rings is 9. The Bertz CT molecular complexity index is 3380. The summed E-state index contributed by atoms with van der Waals surface area (Å²) in [6, 6.07) is 78.3. The maximum atomic E-state index is 4.16. The normalized spacial score (nSPS) is 16.4. The number of anilines is 2. The Morgan fingerprint density at radius 1 is 0.413 bits per heavy atom. The maximum absolute atomic E-state index is 4.16. The first-order chi connectivity index (χ1) is 31.1. The zero-order valence-electron chi connectivity index (χ0n) is 35.2. The Labute approximate surface area is 368 Å². The van der Waals surface area contributed by atoms with Gasteiger partial charge in [0, 0.05) is 44.2 Å². The van der Waals surface area contributed by atoms with E-state index in [1.165, 1.54) is 94.5 Å². The van der Waals surface area contributed by atoms with Gasteiger partial charge in [-0.25, -0.2) is 5.43 Å². The average molecular weight is 806 g/mol. The van der Waals surface area contributed by atoms with Gasteiger partial charge in [0.15, 0.2) is 0 Å². The molecule has 0 radical (unpaired) electrons. The van der Waals surface area contributed by atoms with Gasteiger partial charge in [0.05, 0.1) is 34.5 Å². The van der Waals surface area contributed by atoms with Crippen LogP contribution in [-0.2, 0) is 5.41 Å². The van der Waals surface area contributed by atoms with E-state index in [4.69, 9.17) is 0 Å². The quantitative estimate of drug-likeness (QED) is 0.187. The highest BCUT2D eigenvalue weighted by Crippen LogP contribution is 2.62. The van der Waals surface area contributed by atoms with Crippen LogP contribution in [-0.4, -0.2) is 5.01 Å². The van der Waals surface area contributed by atoms with Gasteiger partial charge >= 0.3 is 0 Å². The molecule has 1 atom stereocenters. The molecule has 0 saturated carbocycles. The standard InChI is InChI=1S/C60H43N3/c1-60(2)48-33-19-17-31-45(48)53-47-36-35-42(38-21-7-3-8-22-38)54-46-32-18-20-34-50(46)62(51(55(47)54)37-49(53)60)59-44-30-16-15-29-43(44)58-52(39-23-9-4-10-24-39)56(40-25-11-5-12-26-40)61-63(58)57(59)41-27-13-6-14-28-41/h3-37,56,61H,1-2H3. The summed E-state index contributed by atoms with van der Waals surface area (Å²) in [5.74, 6) is 0. The highest BCUT2D eigenvalue weighted by atomic mass is 15.6. The van der Waals surface area contributed by atoms with Crippen molar-refractivity contribution < 1.29 is 0 Å². The fourth-order valence-electron chi connectivity index (χ4n) is 11.2. The third kappa shape index (κ3) is 5.12. The van der Waals surface area contributed by atoms with Gasteiger partial charge in [-0.05, 0) is 62.0 Å². The molecule has 3 heterocycles. The molecular weight excluding hydrogens is 763 g/mol. The van der Waals surface area contributed by atoms with Crippen LogP contribution in [0.5, 0.6) is 0 Å². The van der Waals surface area contributed by atoms with Gasteiger partial charge < -0.3 is 4.90 Å². The van der Waals surface area contributed by atoms with Crippen molar-refractivity contribution in [1.29, 1.82) is 0 Å². The molecule has 63 heavy (non-hydrogen) atoms. The minimum atomic E-state index is -0.210. The summed E-state index contributed by atoms with van der Waals surface area (Å²) in [7, 11) is 0. The van der Waals surface area contributed by atoms with Crippen LogP contribution >= 0.6 is 0 Å². The van der Waals surface area contributed by atoms with Crippen molar-refractivity contribution >= 4 is 44.8 Å². The van der Waals surface area contributed by atoms with Gasteiger partial charge in [-0.2, -0.15) is 0 Å². The molecule has 3 aliphatic heterocycles. The molecule has 0 saturated heterocycles. The van der Waals surface area contributed by atoms with Crippen molar-refractivity contribution in [3.05, 3.63) is 251 Å². The molecule has 4 aliphatic rings. The first kappa shape index (κ1) is 36.0. The number of hydrogen-bond donors (Lipinski definition) is 1. The number of hydrazine groups is 1. The lowest BCUT2D eigenvalue weighted by Crippen LogP contribution is -2.37. The van der Waals surface area contributed by atoms with E-state index in [2.05, 4.69) is 242 Å². The summed E-state index contributed by atoms with van der Waals surface area (Å²) in [5.41, 5.74) is 27.3. The molecule has 0 bridgehead atoms. The topological polar surface area (TPSA) is 18.5 Å². The highest BCUT2D eigenvalue weighted by molar-refractivity contribution is 6.25. The third-order valence-electron chi connectivity index (χ3n) is 14.0. The minimum Gasteiger partial charge on any atom is -0.306 e. The minimum absolute atomic E-state index is 0.0940. The first-order valence-corrected chi connectivity index (χ1v) is 22.1. The SMILES string of the molecule is CC1(C)c2ccccc2-c2c1cc1c3c(c(-c4ccccc4)ccc23)-c2ccccc2N1C1=C(c2ccccc2)N2NC(c3ccccc3)C(c3ccccc3)=C2c2ccccc21. The zero-order chi connectivity index (χ0) is 41.8. The Hall–Kier alpha value is -7.72. The molecule has 3 heteroatoms. The number of hydrogen-bond acceptors (Lipinski definition) is 3. The second-order valence-corrected chi connectivity index (χ2v) is 17.7. The van der Waals surface area contributed by atoms with Crippen LogP contribution < -0.4 is 10.3 Å². The molecule has 0 aromatic heterocycles. The second-order valence-electron chi connectivity index (χ2n) is 17.7. The molecule has 298 valence electrons. The van der Waals surface area contributed by atoms with Crippen LogP contribution in [0.2, 0.25) is 0 Å². The summed E-state index contributed by atoms with van der Waals surface area (Å²) >= 11 is 0. The summed E-state index contributed by atoms with van der Waals surface area (Å²) in [4.78, 5) is 2.62. The smallest absolute Gasteiger partial charge is 0.0897 e. The summed E-state index contributed by atoms with van der Waals surface area (Å²) in [5, 5.41) is 4.99. The monoisotopic (exact) mass is 805 g/mol. The molecule has 0 amide bonds. The van der Waals surface area contributed by atoms with Gasteiger partial charge in [0.1, 0.15) is 0 Å². The van der Waals surface area contributed by atoms with Gasteiger partial charge in [-0.1, -0.05) is 214 Å². The van der Waals surface area contributed by atoms with Gasteiger partial charge in [0.2, 0.25) is 0 Å². The molecule has 0 spiro atoms. The zero-order valence-corrected chi connectivity index (χ0v) is 35.2. The van der Waals surface area contributed by atoms with E-state index in [0.717, 1.165) is 22.6 Å². The van der Waals surface area contributed by atoms with E-state index in [9.17, 15) is 0 Å². The van der Waals surface area contributed by atoms with Crippen LogP contribution in [0.4, 0.5) is 11.4 Å². The van der Waals surface area contributed by atoms with E-state index in [-0.39, 0.29) is 11.5 Å². The lowest BCUT2D eigenvalue weighted by molar-refractivity contribution is 0.403. The summed E-state index contributed by atoms with van der Waals surface area (Å²) in [6.07, 6.45) is 0. The van der Waals surface area contributed by atoms with Gasteiger partial charge in [0.25, 0.3) is 0 Å². The third-order valence-corrected chi connectivity index (χ3v) is 14.0. The lowest BCUT2D eigenvalue weighted by atomic mass is 9.78. The van der Waals surface area contributed by atoms with Crippen LogP contribution in [0.1, 0.15) is 58.8 Å². The van der Waals surface area contributed by atoms with Crippen LogP contribution in [0.3, 0.4) is 0 Å². The van der Waals surface area contributed by atoms with E-state index in [1.54, 1.807) is 0 Å². The summed E-state index contributed by atoms with van der Waals surface area (Å²) in [6.45, 7) is 4.81. The van der Waals surface area contributed by atoms with Crippen molar-refractivity contribution in [1.82, 2.24) is 10.4 Å². The van der Waals surface area contributed by atoms with Crippen molar-refractivity contribution in [2.24, 2.45) is 0 Å². The predicted molar refractivity (Wildman–Crippen MR) is 262 cm³/mol. The molecule has 1 N–H and O–H groups in total. The molecule has 13 rings (SSSR count).